The molecule has 0 bridgehead atoms. The fourth-order valence-electron chi connectivity index (χ4n) is 2.69. The number of tetrazole rings is 1. The molecule has 29 heavy (non-hydrogen) atoms. The van der Waals surface area contributed by atoms with E-state index >= 15 is 0 Å². The van der Waals surface area contributed by atoms with E-state index in [1.807, 2.05) is 36.4 Å². The molecule has 148 valence electrons. The lowest BCUT2D eigenvalue weighted by atomic mass is 10.2. The van der Waals surface area contributed by atoms with Crippen LogP contribution in [0.2, 0.25) is 0 Å². The van der Waals surface area contributed by atoms with Crippen molar-refractivity contribution in [1.29, 1.82) is 5.26 Å². The summed E-state index contributed by atoms with van der Waals surface area (Å²) in [6.07, 6.45) is 0.901. The van der Waals surface area contributed by atoms with E-state index in [0.29, 0.717) is 44.0 Å². The lowest BCUT2D eigenvalue weighted by Crippen LogP contribution is -2.29. The van der Waals surface area contributed by atoms with Gasteiger partial charge in [-0.1, -0.05) is 36.4 Å². The molecule has 0 saturated heterocycles. The summed E-state index contributed by atoms with van der Waals surface area (Å²) in [5.41, 5.74) is 1.27. The Morgan fingerprint density at radius 1 is 1.14 bits per heavy atom. The highest BCUT2D eigenvalue weighted by molar-refractivity contribution is 5.75. The van der Waals surface area contributed by atoms with Crippen LogP contribution >= 0.6 is 0 Å². The van der Waals surface area contributed by atoms with Crippen molar-refractivity contribution in [1.82, 2.24) is 25.5 Å². The van der Waals surface area contributed by atoms with E-state index in [4.69, 9.17) is 5.26 Å². The van der Waals surface area contributed by atoms with Gasteiger partial charge in [0.05, 0.1) is 12.2 Å². The van der Waals surface area contributed by atoms with Gasteiger partial charge in [0.25, 0.3) is 0 Å². The first kappa shape index (κ1) is 19.9. The molecule has 0 aliphatic rings. The van der Waals surface area contributed by atoms with Crippen LogP contribution in [-0.4, -0.2) is 39.2 Å². The van der Waals surface area contributed by atoms with Crippen LogP contribution in [0.5, 0.6) is 0 Å². The van der Waals surface area contributed by atoms with Gasteiger partial charge < -0.3 is 10.6 Å². The minimum atomic E-state index is -0.571. The molecule has 0 saturated carbocycles. The van der Waals surface area contributed by atoms with Crippen molar-refractivity contribution in [2.75, 3.05) is 18.4 Å². The quantitative estimate of drug-likeness (QED) is 0.540. The van der Waals surface area contributed by atoms with Gasteiger partial charge >= 0.3 is 0 Å². The number of hydrogen-bond acceptors (Lipinski definition) is 6. The Balaban J connectivity index is 1.35. The average Bonchev–Trinajstić information content (AvgIpc) is 3.21. The molecule has 3 rings (SSSR count). The maximum absolute atomic E-state index is 13.5. The number of carbonyl (C=O) groups is 1. The molecule has 9 heteroatoms. The van der Waals surface area contributed by atoms with Gasteiger partial charge in [-0.05, 0) is 23.8 Å². The number of halogens is 1. The van der Waals surface area contributed by atoms with E-state index in [1.165, 1.54) is 16.9 Å². The fraction of sp³-hybridized carbons (Fsp3) is 0.250. The van der Waals surface area contributed by atoms with Crippen LogP contribution in [0.3, 0.4) is 0 Å². The number of amides is 1. The Kier molecular flexibility index (Phi) is 6.84. The van der Waals surface area contributed by atoms with Crippen LogP contribution in [-0.2, 0) is 11.3 Å². The Morgan fingerprint density at radius 2 is 1.97 bits per heavy atom. The number of aromatic nitrogens is 4. The second-order valence-corrected chi connectivity index (χ2v) is 6.23. The maximum atomic E-state index is 13.5. The second kappa shape index (κ2) is 9.94. The third kappa shape index (κ3) is 5.59. The standard InChI is InChI=1S/C20H20FN7O/c21-17-8-4-9-18(16(17)14-22)23-11-12-24-19(29)10-5-13-28-26-20(25-27-28)15-6-2-1-3-7-15/h1-4,6-9,23H,5,10-13H2,(H,24,29). The highest BCUT2D eigenvalue weighted by Crippen LogP contribution is 2.17. The van der Waals surface area contributed by atoms with E-state index in [-0.39, 0.29) is 11.5 Å². The zero-order chi connectivity index (χ0) is 20.5. The Bertz CT molecular complexity index is 998. The van der Waals surface area contributed by atoms with Gasteiger partial charge in [0.15, 0.2) is 0 Å². The van der Waals surface area contributed by atoms with Crippen molar-refractivity contribution < 1.29 is 9.18 Å². The number of benzene rings is 2. The van der Waals surface area contributed by atoms with Crippen molar-refractivity contribution in [3.63, 3.8) is 0 Å². The Morgan fingerprint density at radius 3 is 2.76 bits per heavy atom. The number of nitrogens with one attached hydrogen (secondary N) is 2. The Labute approximate surface area is 167 Å². The van der Waals surface area contributed by atoms with Crippen molar-refractivity contribution in [2.24, 2.45) is 0 Å². The minimum absolute atomic E-state index is 0.0333. The van der Waals surface area contributed by atoms with E-state index < -0.39 is 5.82 Å². The largest absolute Gasteiger partial charge is 0.382 e. The van der Waals surface area contributed by atoms with Crippen molar-refractivity contribution in [3.05, 3.63) is 59.9 Å². The average molecular weight is 393 g/mol. The van der Waals surface area contributed by atoms with Gasteiger partial charge in [-0.2, -0.15) is 10.1 Å². The van der Waals surface area contributed by atoms with Gasteiger partial charge in [-0.15, -0.1) is 10.2 Å². The predicted molar refractivity (Wildman–Crippen MR) is 105 cm³/mol. The van der Waals surface area contributed by atoms with E-state index in [1.54, 1.807) is 6.07 Å². The summed E-state index contributed by atoms with van der Waals surface area (Å²) in [5, 5.41) is 27.0. The van der Waals surface area contributed by atoms with Gasteiger partial charge in [-0.25, -0.2) is 4.39 Å². The van der Waals surface area contributed by atoms with E-state index in [0.717, 1.165) is 5.56 Å². The van der Waals surface area contributed by atoms with Gasteiger partial charge in [0.1, 0.15) is 17.4 Å². The summed E-state index contributed by atoms with van der Waals surface area (Å²) in [6, 6.07) is 15.8. The molecule has 2 aromatic carbocycles. The molecular weight excluding hydrogens is 373 g/mol. The lowest BCUT2D eigenvalue weighted by molar-refractivity contribution is -0.121. The van der Waals surface area contributed by atoms with Crippen molar-refractivity contribution in [2.45, 2.75) is 19.4 Å². The zero-order valence-corrected chi connectivity index (χ0v) is 15.7. The molecule has 0 radical (unpaired) electrons. The normalized spacial score (nSPS) is 10.3. The van der Waals surface area contributed by atoms with Gasteiger partial charge in [0, 0.05) is 25.1 Å². The first-order chi connectivity index (χ1) is 14.2. The number of nitrogens with zero attached hydrogens (tertiary/aromatic N) is 5. The van der Waals surface area contributed by atoms with E-state index in [9.17, 15) is 9.18 Å². The highest BCUT2D eigenvalue weighted by Gasteiger charge is 2.08. The van der Waals surface area contributed by atoms with Gasteiger partial charge in [0.2, 0.25) is 11.7 Å². The number of aryl methyl sites for hydroxylation is 1. The molecule has 3 aromatic rings. The number of carbonyl (C=O) groups excluding carboxylic acids is 1. The number of rotatable bonds is 9. The van der Waals surface area contributed by atoms with Crippen LogP contribution in [0.25, 0.3) is 11.4 Å². The lowest BCUT2D eigenvalue weighted by Gasteiger charge is -2.09. The SMILES string of the molecule is N#Cc1c(F)cccc1NCCNC(=O)CCCn1nnc(-c2ccccc2)n1. The maximum Gasteiger partial charge on any atom is 0.220 e. The monoisotopic (exact) mass is 393 g/mol. The first-order valence-electron chi connectivity index (χ1n) is 9.20. The summed E-state index contributed by atoms with van der Waals surface area (Å²) in [4.78, 5) is 13.4. The molecule has 0 aliphatic carbocycles. The minimum Gasteiger partial charge on any atom is -0.382 e. The molecule has 8 nitrogen and oxygen atoms in total. The molecular formula is C20H20FN7O. The fourth-order valence-corrected chi connectivity index (χ4v) is 2.69. The summed E-state index contributed by atoms with van der Waals surface area (Å²) in [6.45, 7) is 1.23. The summed E-state index contributed by atoms with van der Waals surface area (Å²) < 4.78 is 13.5. The molecule has 0 fully saturated rings. The molecule has 2 N–H and O–H groups in total. The molecule has 1 aromatic heterocycles. The number of hydrogen-bond donors (Lipinski definition) is 2. The highest BCUT2D eigenvalue weighted by atomic mass is 19.1. The third-order valence-electron chi connectivity index (χ3n) is 4.13. The summed E-state index contributed by atoms with van der Waals surface area (Å²) in [5.74, 6) is -0.121. The van der Waals surface area contributed by atoms with Crippen molar-refractivity contribution in [3.8, 4) is 17.5 Å². The van der Waals surface area contributed by atoms with Crippen LogP contribution in [0.15, 0.2) is 48.5 Å². The van der Waals surface area contributed by atoms with Crippen LogP contribution in [0, 0.1) is 17.1 Å². The first-order valence-corrected chi connectivity index (χ1v) is 9.20. The molecule has 1 heterocycles. The Hall–Kier alpha value is -3.80. The predicted octanol–water partition coefficient (Wildman–Crippen LogP) is 2.36. The topological polar surface area (TPSA) is 109 Å². The number of anilines is 1. The van der Waals surface area contributed by atoms with Crippen LogP contribution < -0.4 is 10.6 Å². The molecule has 0 unspecified atom stereocenters. The smallest absolute Gasteiger partial charge is 0.220 e. The molecule has 1 amide bonds. The third-order valence-corrected chi connectivity index (χ3v) is 4.13. The zero-order valence-electron chi connectivity index (χ0n) is 15.7. The second-order valence-electron chi connectivity index (χ2n) is 6.23. The summed E-state index contributed by atoms with van der Waals surface area (Å²) in [7, 11) is 0. The molecule has 0 aliphatic heterocycles. The van der Waals surface area contributed by atoms with Crippen LogP contribution in [0.1, 0.15) is 18.4 Å². The van der Waals surface area contributed by atoms with Crippen LogP contribution in [0.4, 0.5) is 10.1 Å². The molecule has 0 spiro atoms. The number of nitriles is 1. The van der Waals surface area contributed by atoms with Gasteiger partial charge in [-0.3, -0.25) is 4.79 Å². The summed E-state index contributed by atoms with van der Waals surface area (Å²) >= 11 is 0. The van der Waals surface area contributed by atoms with E-state index in [2.05, 4.69) is 26.0 Å². The molecule has 0 atom stereocenters. The van der Waals surface area contributed by atoms with Crippen molar-refractivity contribution >= 4 is 11.6 Å².